The molecule has 0 aliphatic rings. The number of primary amides is 1. The molecule has 1 aromatic rings. The zero-order valence-corrected chi connectivity index (χ0v) is 12.7. The molecule has 120 valence electrons. The molecular weight excluding hydrogens is 290 g/mol. The van der Waals surface area contributed by atoms with Crippen LogP contribution in [0.4, 0.5) is 5.69 Å². The van der Waals surface area contributed by atoms with Crippen molar-refractivity contribution in [1.29, 1.82) is 0 Å². The van der Waals surface area contributed by atoms with Crippen molar-refractivity contribution in [2.75, 3.05) is 6.61 Å². The number of ether oxygens (including phenoxy) is 1. The van der Waals surface area contributed by atoms with Gasteiger partial charge in [0.2, 0.25) is 5.91 Å². The smallest absolute Gasteiger partial charge is 0.325 e. The van der Waals surface area contributed by atoms with Crippen LogP contribution in [0.3, 0.4) is 0 Å². The number of benzene rings is 1. The Hall–Kier alpha value is -2.48. The second kappa shape index (κ2) is 6.99. The fraction of sp³-hybridized carbons (Fsp3) is 0.429. The van der Waals surface area contributed by atoms with Crippen LogP contribution >= 0.6 is 0 Å². The molecule has 1 aromatic carbocycles. The van der Waals surface area contributed by atoms with Gasteiger partial charge in [0.25, 0.3) is 5.69 Å². The van der Waals surface area contributed by atoms with Crippen LogP contribution in [0.25, 0.3) is 0 Å². The first kappa shape index (κ1) is 17.6. The van der Waals surface area contributed by atoms with E-state index in [0.717, 1.165) is 6.07 Å². The molecule has 1 rings (SSSR count). The summed E-state index contributed by atoms with van der Waals surface area (Å²) in [7, 11) is 0. The Morgan fingerprint density at radius 3 is 2.55 bits per heavy atom. The fourth-order valence-corrected chi connectivity index (χ4v) is 1.74. The van der Waals surface area contributed by atoms with Crippen molar-refractivity contribution in [3.05, 3.63) is 39.4 Å². The van der Waals surface area contributed by atoms with E-state index in [2.05, 4.69) is 5.32 Å². The highest BCUT2D eigenvalue weighted by atomic mass is 16.6. The lowest BCUT2D eigenvalue weighted by Crippen LogP contribution is -2.47. The zero-order valence-electron chi connectivity index (χ0n) is 12.7. The minimum absolute atomic E-state index is 0.0557. The number of nitro benzene ring substituents is 1. The van der Waals surface area contributed by atoms with Crippen LogP contribution in [-0.4, -0.2) is 28.9 Å². The van der Waals surface area contributed by atoms with Gasteiger partial charge in [0.05, 0.1) is 11.5 Å². The Morgan fingerprint density at radius 1 is 1.41 bits per heavy atom. The number of esters is 1. The van der Waals surface area contributed by atoms with Crippen molar-refractivity contribution in [2.24, 2.45) is 5.73 Å². The van der Waals surface area contributed by atoms with Crippen LogP contribution in [0.1, 0.15) is 36.7 Å². The average molecular weight is 309 g/mol. The van der Waals surface area contributed by atoms with E-state index in [1.807, 2.05) is 0 Å². The van der Waals surface area contributed by atoms with Crippen molar-refractivity contribution in [3.8, 4) is 0 Å². The van der Waals surface area contributed by atoms with Crippen molar-refractivity contribution >= 4 is 17.6 Å². The van der Waals surface area contributed by atoms with E-state index in [4.69, 9.17) is 10.5 Å². The summed E-state index contributed by atoms with van der Waals surface area (Å²) in [6.07, 6.45) is 0. The third-order valence-corrected chi connectivity index (χ3v) is 3.07. The van der Waals surface area contributed by atoms with Gasteiger partial charge >= 0.3 is 5.97 Å². The average Bonchev–Trinajstić information content (AvgIpc) is 2.45. The molecule has 8 nitrogen and oxygen atoms in total. The van der Waals surface area contributed by atoms with Crippen molar-refractivity contribution in [1.82, 2.24) is 5.32 Å². The van der Waals surface area contributed by atoms with E-state index in [1.165, 1.54) is 12.1 Å². The maximum atomic E-state index is 11.8. The Morgan fingerprint density at radius 2 is 2.05 bits per heavy atom. The van der Waals surface area contributed by atoms with Crippen molar-refractivity contribution in [3.63, 3.8) is 0 Å². The molecule has 0 radical (unpaired) electrons. The minimum atomic E-state index is -0.994. The molecule has 0 unspecified atom stereocenters. The molecule has 0 saturated carbocycles. The first-order valence-corrected chi connectivity index (χ1v) is 6.68. The van der Waals surface area contributed by atoms with Crippen LogP contribution < -0.4 is 11.1 Å². The number of carbonyl (C=O) groups is 2. The van der Waals surface area contributed by atoms with Gasteiger partial charge in [-0.3, -0.25) is 25.0 Å². The zero-order chi connectivity index (χ0) is 16.9. The maximum absolute atomic E-state index is 11.8. The standard InChI is InChI=1S/C14H19N3O5/c1-4-22-13(19)14(2,3)16-8-10-6-5-9(12(15)18)7-11(10)17(20)21/h5-7,16H,4,8H2,1-3H3,(H2,15,18). The molecule has 0 bridgehead atoms. The summed E-state index contributed by atoms with van der Waals surface area (Å²) in [5, 5.41) is 14.0. The van der Waals surface area contributed by atoms with E-state index >= 15 is 0 Å². The summed E-state index contributed by atoms with van der Waals surface area (Å²) in [4.78, 5) is 33.4. The molecule has 0 fully saturated rings. The Bertz CT molecular complexity index is 598. The van der Waals surface area contributed by atoms with Gasteiger partial charge in [-0.15, -0.1) is 0 Å². The topological polar surface area (TPSA) is 125 Å². The van der Waals surface area contributed by atoms with Crippen LogP contribution in [0, 0.1) is 10.1 Å². The van der Waals surface area contributed by atoms with Crippen LogP contribution in [0.5, 0.6) is 0 Å². The monoisotopic (exact) mass is 309 g/mol. The van der Waals surface area contributed by atoms with Crippen LogP contribution in [0.15, 0.2) is 18.2 Å². The maximum Gasteiger partial charge on any atom is 0.325 e. The van der Waals surface area contributed by atoms with Crippen LogP contribution in [-0.2, 0) is 16.1 Å². The number of nitro groups is 1. The van der Waals surface area contributed by atoms with Gasteiger partial charge in [-0.25, -0.2) is 0 Å². The summed E-state index contributed by atoms with van der Waals surface area (Å²) < 4.78 is 4.93. The highest BCUT2D eigenvalue weighted by Crippen LogP contribution is 2.21. The lowest BCUT2D eigenvalue weighted by molar-refractivity contribution is -0.385. The predicted octanol–water partition coefficient (Wildman–Crippen LogP) is 1.12. The molecule has 0 saturated heterocycles. The summed E-state index contributed by atoms with van der Waals surface area (Å²) in [6, 6.07) is 3.97. The van der Waals surface area contributed by atoms with Gasteiger partial charge < -0.3 is 10.5 Å². The van der Waals surface area contributed by atoms with E-state index in [0.29, 0.717) is 5.56 Å². The second-order valence-corrected chi connectivity index (χ2v) is 5.16. The molecule has 0 aromatic heterocycles. The highest BCUT2D eigenvalue weighted by Gasteiger charge is 2.29. The lowest BCUT2D eigenvalue weighted by Gasteiger charge is -2.23. The lowest BCUT2D eigenvalue weighted by atomic mass is 10.0. The van der Waals surface area contributed by atoms with Gasteiger partial charge in [0, 0.05) is 23.7 Å². The first-order chi connectivity index (χ1) is 10.2. The molecule has 22 heavy (non-hydrogen) atoms. The summed E-state index contributed by atoms with van der Waals surface area (Å²) in [6.45, 7) is 5.25. The number of nitrogens with two attached hydrogens (primary N) is 1. The first-order valence-electron chi connectivity index (χ1n) is 6.68. The van der Waals surface area contributed by atoms with Crippen molar-refractivity contribution in [2.45, 2.75) is 32.9 Å². The number of rotatable bonds is 7. The SMILES string of the molecule is CCOC(=O)C(C)(C)NCc1ccc(C(N)=O)cc1[N+](=O)[O-]. The molecule has 3 N–H and O–H groups in total. The number of hydrogen-bond donors (Lipinski definition) is 2. The van der Waals surface area contributed by atoms with Crippen molar-refractivity contribution < 1.29 is 19.2 Å². The number of carbonyl (C=O) groups excluding carboxylic acids is 2. The predicted molar refractivity (Wildman–Crippen MR) is 79.2 cm³/mol. The molecule has 1 amide bonds. The normalized spacial score (nSPS) is 11.0. The van der Waals surface area contributed by atoms with E-state index in [9.17, 15) is 19.7 Å². The van der Waals surface area contributed by atoms with E-state index < -0.39 is 22.3 Å². The van der Waals surface area contributed by atoms with Crippen LogP contribution in [0.2, 0.25) is 0 Å². The van der Waals surface area contributed by atoms with Gasteiger partial charge in [-0.2, -0.15) is 0 Å². The third-order valence-electron chi connectivity index (χ3n) is 3.07. The van der Waals surface area contributed by atoms with Gasteiger partial charge in [0.15, 0.2) is 0 Å². The molecule has 0 aliphatic heterocycles. The third kappa shape index (κ3) is 4.26. The molecule has 0 spiro atoms. The Labute approximate surface area is 127 Å². The summed E-state index contributed by atoms with van der Waals surface area (Å²) in [5.74, 6) is -1.19. The highest BCUT2D eigenvalue weighted by molar-refractivity contribution is 5.93. The Balaban J connectivity index is 2.96. The fourth-order valence-electron chi connectivity index (χ4n) is 1.74. The van der Waals surface area contributed by atoms with Gasteiger partial charge in [0.1, 0.15) is 5.54 Å². The van der Waals surface area contributed by atoms with E-state index in [1.54, 1.807) is 20.8 Å². The summed E-state index contributed by atoms with van der Waals surface area (Å²) in [5.41, 5.74) is 4.28. The van der Waals surface area contributed by atoms with Gasteiger partial charge in [-0.1, -0.05) is 6.07 Å². The largest absolute Gasteiger partial charge is 0.465 e. The minimum Gasteiger partial charge on any atom is -0.465 e. The molecule has 0 atom stereocenters. The molecule has 8 heteroatoms. The number of amides is 1. The summed E-state index contributed by atoms with van der Waals surface area (Å²) >= 11 is 0. The number of nitrogens with zero attached hydrogens (tertiary/aromatic N) is 1. The van der Waals surface area contributed by atoms with E-state index in [-0.39, 0.29) is 24.4 Å². The second-order valence-electron chi connectivity index (χ2n) is 5.16. The number of hydrogen-bond acceptors (Lipinski definition) is 6. The molecule has 0 heterocycles. The van der Waals surface area contributed by atoms with Gasteiger partial charge in [-0.05, 0) is 26.8 Å². The Kier molecular flexibility index (Phi) is 5.58. The molecular formula is C14H19N3O5. The molecule has 0 aliphatic carbocycles. The number of nitrogens with one attached hydrogen (secondary N) is 1. The quantitative estimate of drug-likeness (QED) is 0.442.